The van der Waals surface area contributed by atoms with Gasteiger partial charge in [0.25, 0.3) is 5.91 Å². The Kier molecular flexibility index (Phi) is 5.18. The lowest BCUT2D eigenvalue weighted by atomic mass is 10.1. The monoisotopic (exact) mass is 389 g/mol. The molecular formula is C19H17F2N3O2S. The number of thiazole rings is 1. The van der Waals surface area contributed by atoms with Gasteiger partial charge in [-0.1, -0.05) is 6.07 Å². The number of H-pyrrole nitrogens is 1. The third-order valence-electron chi connectivity index (χ3n) is 4.15. The minimum absolute atomic E-state index is 0.108. The van der Waals surface area contributed by atoms with Gasteiger partial charge in [0.05, 0.1) is 0 Å². The van der Waals surface area contributed by atoms with Crippen molar-refractivity contribution in [3.8, 4) is 0 Å². The molecule has 0 saturated carbocycles. The van der Waals surface area contributed by atoms with Crippen molar-refractivity contribution in [3.63, 3.8) is 0 Å². The summed E-state index contributed by atoms with van der Waals surface area (Å²) in [4.78, 5) is 32.1. The molecule has 2 heterocycles. The van der Waals surface area contributed by atoms with Crippen LogP contribution in [0.5, 0.6) is 0 Å². The summed E-state index contributed by atoms with van der Waals surface area (Å²) >= 11 is 1.24. The van der Waals surface area contributed by atoms with Gasteiger partial charge < -0.3 is 4.98 Å². The molecule has 0 aliphatic carbocycles. The Morgan fingerprint density at radius 2 is 1.96 bits per heavy atom. The fourth-order valence-electron chi connectivity index (χ4n) is 2.96. The van der Waals surface area contributed by atoms with E-state index >= 15 is 0 Å². The highest BCUT2D eigenvalue weighted by Gasteiger charge is 2.20. The van der Waals surface area contributed by atoms with Crippen molar-refractivity contribution in [1.29, 1.82) is 0 Å². The molecule has 0 aliphatic rings. The highest BCUT2D eigenvalue weighted by Crippen LogP contribution is 2.24. The lowest BCUT2D eigenvalue weighted by molar-refractivity contribution is 0.101. The van der Waals surface area contributed by atoms with Crippen molar-refractivity contribution in [2.24, 2.45) is 0 Å². The average molecular weight is 389 g/mol. The number of aryl methyl sites for hydroxylation is 1. The van der Waals surface area contributed by atoms with Crippen LogP contribution in [-0.4, -0.2) is 21.7 Å². The largest absolute Gasteiger partial charge is 0.354 e. The summed E-state index contributed by atoms with van der Waals surface area (Å²) in [5, 5.41) is 3.08. The second-order valence-electron chi connectivity index (χ2n) is 6.19. The summed E-state index contributed by atoms with van der Waals surface area (Å²) < 4.78 is 26.3. The molecule has 0 aliphatic heterocycles. The SMILES string of the molecule is CC(=O)c1c(C)[nH]c(C(=O)Nc2ncc(Cc3ccc(F)c(F)c3)s2)c1C. The van der Waals surface area contributed by atoms with Crippen molar-refractivity contribution < 1.29 is 18.4 Å². The van der Waals surface area contributed by atoms with Gasteiger partial charge in [0, 0.05) is 28.8 Å². The van der Waals surface area contributed by atoms with Gasteiger partial charge in [-0.25, -0.2) is 13.8 Å². The van der Waals surface area contributed by atoms with Crippen LogP contribution < -0.4 is 5.32 Å². The minimum atomic E-state index is -0.899. The van der Waals surface area contributed by atoms with Gasteiger partial charge >= 0.3 is 0 Å². The second-order valence-corrected chi connectivity index (χ2v) is 7.31. The van der Waals surface area contributed by atoms with Crippen LogP contribution >= 0.6 is 11.3 Å². The van der Waals surface area contributed by atoms with Gasteiger partial charge in [0.1, 0.15) is 5.69 Å². The number of nitrogens with one attached hydrogen (secondary N) is 2. The van der Waals surface area contributed by atoms with E-state index in [1.807, 2.05) is 0 Å². The maximum absolute atomic E-state index is 13.3. The van der Waals surface area contributed by atoms with E-state index in [4.69, 9.17) is 0 Å². The van der Waals surface area contributed by atoms with Crippen molar-refractivity contribution in [2.45, 2.75) is 27.2 Å². The van der Waals surface area contributed by atoms with Gasteiger partial charge in [0.15, 0.2) is 22.5 Å². The molecule has 0 radical (unpaired) electrons. The number of hydrogen-bond donors (Lipinski definition) is 2. The van der Waals surface area contributed by atoms with Crippen LogP contribution in [0.2, 0.25) is 0 Å². The van der Waals surface area contributed by atoms with Crippen LogP contribution in [-0.2, 0) is 6.42 Å². The van der Waals surface area contributed by atoms with Gasteiger partial charge in [-0.3, -0.25) is 14.9 Å². The zero-order valence-electron chi connectivity index (χ0n) is 14.9. The van der Waals surface area contributed by atoms with E-state index in [1.54, 1.807) is 20.0 Å². The number of halogens is 2. The first-order chi connectivity index (χ1) is 12.8. The van der Waals surface area contributed by atoms with Crippen LogP contribution in [0.15, 0.2) is 24.4 Å². The van der Waals surface area contributed by atoms with Crippen LogP contribution in [0.4, 0.5) is 13.9 Å². The van der Waals surface area contributed by atoms with Gasteiger partial charge in [-0.05, 0) is 44.0 Å². The molecule has 1 aromatic carbocycles. The Morgan fingerprint density at radius 3 is 2.59 bits per heavy atom. The Hall–Kier alpha value is -2.87. The van der Waals surface area contributed by atoms with E-state index in [0.717, 1.165) is 17.0 Å². The second kappa shape index (κ2) is 7.40. The number of ketones is 1. The van der Waals surface area contributed by atoms with E-state index in [9.17, 15) is 18.4 Å². The standard InChI is InChI=1S/C19H17F2N3O2S/c1-9-16(11(3)25)10(2)23-17(9)18(26)24-19-22-8-13(27-19)6-12-4-5-14(20)15(21)7-12/h4-5,7-8,23H,6H2,1-3H3,(H,22,24,26). The minimum Gasteiger partial charge on any atom is -0.354 e. The molecule has 2 N–H and O–H groups in total. The van der Waals surface area contributed by atoms with Crippen LogP contribution in [0.25, 0.3) is 0 Å². The maximum atomic E-state index is 13.3. The first-order valence-corrected chi connectivity index (χ1v) is 8.98. The van der Waals surface area contributed by atoms with E-state index in [-0.39, 0.29) is 5.78 Å². The smallest absolute Gasteiger partial charge is 0.274 e. The number of hydrogen-bond acceptors (Lipinski definition) is 4. The van der Waals surface area contributed by atoms with Crippen LogP contribution in [0, 0.1) is 25.5 Å². The fraction of sp³-hybridized carbons (Fsp3) is 0.211. The van der Waals surface area contributed by atoms with Crippen molar-refractivity contribution in [2.75, 3.05) is 5.32 Å². The Bertz CT molecular complexity index is 1040. The molecule has 0 fully saturated rings. The molecule has 1 amide bonds. The predicted octanol–water partition coefficient (Wildman–Crippen LogP) is 4.41. The summed E-state index contributed by atoms with van der Waals surface area (Å²) in [7, 11) is 0. The normalized spacial score (nSPS) is 10.9. The topological polar surface area (TPSA) is 74.8 Å². The van der Waals surface area contributed by atoms with Gasteiger partial charge in [-0.15, -0.1) is 11.3 Å². The molecule has 3 rings (SSSR count). The van der Waals surface area contributed by atoms with Crippen molar-refractivity contribution in [3.05, 3.63) is 69.0 Å². The number of carbonyl (C=O) groups is 2. The molecule has 2 aromatic heterocycles. The number of benzene rings is 1. The quantitative estimate of drug-likeness (QED) is 0.635. The molecule has 0 unspecified atom stereocenters. The molecule has 0 bridgehead atoms. The Morgan fingerprint density at radius 1 is 1.22 bits per heavy atom. The van der Waals surface area contributed by atoms with E-state index in [0.29, 0.717) is 39.6 Å². The van der Waals surface area contributed by atoms with Gasteiger partial charge in [0.2, 0.25) is 0 Å². The predicted molar refractivity (Wildman–Crippen MR) is 99.5 cm³/mol. The number of rotatable bonds is 5. The van der Waals surface area contributed by atoms with Crippen LogP contribution in [0.1, 0.15) is 49.5 Å². The fourth-order valence-corrected chi connectivity index (χ4v) is 3.80. The molecule has 140 valence electrons. The molecule has 8 heteroatoms. The number of nitrogens with zero attached hydrogens (tertiary/aromatic N) is 1. The first-order valence-electron chi connectivity index (χ1n) is 8.16. The summed E-state index contributed by atoms with van der Waals surface area (Å²) in [6.07, 6.45) is 1.95. The highest BCUT2D eigenvalue weighted by atomic mass is 32.1. The average Bonchev–Trinajstić information content (AvgIpc) is 3.14. The number of Topliss-reactive ketones (excluding diaryl/α,β-unsaturated/α-hetero) is 1. The Balaban J connectivity index is 1.74. The Labute approximate surface area is 158 Å². The lowest BCUT2D eigenvalue weighted by Gasteiger charge is -2.01. The lowest BCUT2D eigenvalue weighted by Crippen LogP contribution is -2.13. The first kappa shape index (κ1) is 18.9. The van der Waals surface area contributed by atoms with E-state index in [1.165, 1.54) is 24.3 Å². The molecule has 0 spiro atoms. The molecular weight excluding hydrogens is 372 g/mol. The van der Waals surface area contributed by atoms with Crippen LogP contribution in [0.3, 0.4) is 0 Å². The number of carbonyl (C=O) groups excluding carboxylic acids is 2. The molecule has 0 saturated heterocycles. The maximum Gasteiger partial charge on any atom is 0.274 e. The van der Waals surface area contributed by atoms with E-state index < -0.39 is 17.5 Å². The molecule has 3 aromatic rings. The van der Waals surface area contributed by atoms with Crippen molar-refractivity contribution in [1.82, 2.24) is 9.97 Å². The molecule has 5 nitrogen and oxygen atoms in total. The third kappa shape index (κ3) is 3.95. The van der Waals surface area contributed by atoms with Gasteiger partial charge in [-0.2, -0.15) is 0 Å². The summed E-state index contributed by atoms with van der Waals surface area (Å²) in [5.74, 6) is -2.29. The number of amides is 1. The third-order valence-corrected chi connectivity index (χ3v) is 5.07. The zero-order valence-corrected chi connectivity index (χ0v) is 15.8. The summed E-state index contributed by atoms with van der Waals surface area (Å²) in [6, 6.07) is 3.73. The molecule has 0 atom stereocenters. The highest BCUT2D eigenvalue weighted by molar-refractivity contribution is 7.15. The summed E-state index contributed by atoms with van der Waals surface area (Å²) in [6.45, 7) is 4.91. The number of aromatic nitrogens is 2. The molecule has 27 heavy (non-hydrogen) atoms. The van der Waals surface area contributed by atoms with E-state index in [2.05, 4.69) is 15.3 Å². The van der Waals surface area contributed by atoms with Crippen molar-refractivity contribution >= 4 is 28.2 Å². The number of anilines is 1. The zero-order chi connectivity index (χ0) is 19.7. The number of aromatic amines is 1. The summed E-state index contributed by atoms with van der Waals surface area (Å²) in [5.41, 5.74) is 2.67.